The van der Waals surface area contributed by atoms with E-state index in [0.717, 1.165) is 23.3 Å². The lowest BCUT2D eigenvalue weighted by Gasteiger charge is -2.09. The van der Waals surface area contributed by atoms with Gasteiger partial charge in [-0.2, -0.15) is 0 Å². The van der Waals surface area contributed by atoms with Crippen LogP contribution in [0.25, 0.3) is 11.0 Å². The van der Waals surface area contributed by atoms with Crippen LogP contribution in [-0.4, -0.2) is 46.0 Å². The van der Waals surface area contributed by atoms with E-state index in [2.05, 4.69) is 15.3 Å². The molecule has 2 N–H and O–H groups in total. The second-order valence-corrected chi connectivity index (χ2v) is 6.13. The number of H-pyrrole nitrogens is 1. The lowest BCUT2D eigenvalue weighted by atomic mass is 10.2. The second-order valence-electron chi connectivity index (χ2n) is 6.13. The van der Waals surface area contributed by atoms with Crippen molar-refractivity contribution in [3.8, 4) is 0 Å². The van der Waals surface area contributed by atoms with Gasteiger partial charge in [0.05, 0.1) is 22.3 Å². The van der Waals surface area contributed by atoms with E-state index in [1.165, 1.54) is 0 Å². The number of hydrogen-bond acceptors (Lipinski definition) is 4. The van der Waals surface area contributed by atoms with E-state index in [9.17, 15) is 9.59 Å². The van der Waals surface area contributed by atoms with Gasteiger partial charge in [-0.3, -0.25) is 14.3 Å². The molecule has 0 unspecified atom stereocenters. The number of aromatic amines is 1. The van der Waals surface area contributed by atoms with Gasteiger partial charge in [-0.1, -0.05) is 12.1 Å². The van der Waals surface area contributed by atoms with Crippen molar-refractivity contribution >= 4 is 16.9 Å². The van der Waals surface area contributed by atoms with E-state index >= 15 is 0 Å². The van der Waals surface area contributed by atoms with Gasteiger partial charge in [-0.15, -0.1) is 0 Å². The lowest BCUT2D eigenvalue weighted by Crippen LogP contribution is -2.30. The smallest absolute Gasteiger partial charge is 0.326 e. The van der Waals surface area contributed by atoms with E-state index in [4.69, 9.17) is 0 Å². The fourth-order valence-corrected chi connectivity index (χ4v) is 2.69. The fourth-order valence-electron chi connectivity index (χ4n) is 2.69. The number of hydrogen-bond donors (Lipinski definition) is 2. The molecule has 2 heterocycles. The molecule has 1 aromatic carbocycles. The summed E-state index contributed by atoms with van der Waals surface area (Å²) in [7, 11) is 3.93. The highest BCUT2D eigenvalue weighted by atomic mass is 16.2. The molecule has 25 heavy (non-hydrogen) atoms. The largest absolute Gasteiger partial charge is 0.350 e. The Morgan fingerprint density at radius 1 is 1.24 bits per heavy atom. The Morgan fingerprint density at radius 2 is 2.04 bits per heavy atom. The Kier molecular flexibility index (Phi) is 4.95. The molecule has 0 radical (unpaired) electrons. The maximum atomic E-state index is 12.2. The Morgan fingerprint density at radius 3 is 2.76 bits per heavy atom. The van der Waals surface area contributed by atoms with Gasteiger partial charge in [0.15, 0.2) is 0 Å². The summed E-state index contributed by atoms with van der Waals surface area (Å²) in [4.78, 5) is 33.3. The van der Waals surface area contributed by atoms with Crippen molar-refractivity contribution in [3.05, 3.63) is 64.3 Å². The van der Waals surface area contributed by atoms with Crippen molar-refractivity contribution in [2.24, 2.45) is 0 Å². The van der Waals surface area contributed by atoms with Crippen LogP contribution < -0.4 is 11.0 Å². The van der Waals surface area contributed by atoms with Crippen LogP contribution in [0.1, 0.15) is 16.1 Å². The fraction of sp³-hybridized carbons (Fsp3) is 0.278. The number of aromatic nitrogens is 3. The zero-order chi connectivity index (χ0) is 17.8. The molecule has 0 fully saturated rings. The third-order valence-electron chi connectivity index (χ3n) is 3.87. The quantitative estimate of drug-likeness (QED) is 0.707. The van der Waals surface area contributed by atoms with Gasteiger partial charge < -0.3 is 15.2 Å². The summed E-state index contributed by atoms with van der Waals surface area (Å²) in [5.74, 6) is -0.197. The summed E-state index contributed by atoms with van der Waals surface area (Å²) in [5.41, 5.74) is 2.86. The first-order valence-corrected chi connectivity index (χ1v) is 8.10. The van der Waals surface area contributed by atoms with Crippen molar-refractivity contribution in [1.82, 2.24) is 24.8 Å². The van der Waals surface area contributed by atoms with E-state index in [1.807, 2.05) is 49.3 Å². The minimum atomic E-state index is -0.197. The SMILES string of the molecule is CN(C)Cc1ccc(C(=O)NCCn2c(=O)[nH]c3ccccc32)cn1. The second kappa shape index (κ2) is 7.31. The number of nitrogens with one attached hydrogen (secondary N) is 2. The number of fused-ring (bicyclic) bond motifs is 1. The normalized spacial score (nSPS) is 11.2. The van der Waals surface area contributed by atoms with E-state index in [0.29, 0.717) is 18.7 Å². The lowest BCUT2D eigenvalue weighted by molar-refractivity contribution is 0.0952. The minimum absolute atomic E-state index is 0.176. The molecule has 0 atom stereocenters. The van der Waals surface area contributed by atoms with Crippen LogP contribution in [0, 0.1) is 0 Å². The first kappa shape index (κ1) is 16.9. The van der Waals surface area contributed by atoms with Crippen molar-refractivity contribution in [3.63, 3.8) is 0 Å². The third kappa shape index (κ3) is 3.95. The number of amides is 1. The van der Waals surface area contributed by atoms with Gasteiger partial charge in [-0.05, 0) is 38.4 Å². The van der Waals surface area contributed by atoms with Crippen molar-refractivity contribution in [2.75, 3.05) is 20.6 Å². The van der Waals surface area contributed by atoms with Crippen molar-refractivity contribution < 1.29 is 4.79 Å². The summed E-state index contributed by atoms with van der Waals surface area (Å²) >= 11 is 0. The van der Waals surface area contributed by atoms with Crippen LogP contribution in [0.4, 0.5) is 0 Å². The first-order valence-electron chi connectivity index (χ1n) is 8.10. The highest BCUT2D eigenvalue weighted by molar-refractivity contribution is 5.93. The number of carbonyl (C=O) groups excluding carboxylic acids is 1. The zero-order valence-electron chi connectivity index (χ0n) is 14.3. The molecular weight excluding hydrogens is 318 g/mol. The van der Waals surface area contributed by atoms with Crippen molar-refractivity contribution in [2.45, 2.75) is 13.1 Å². The summed E-state index contributed by atoms with van der Waals surface area (Å²) in [6.45, 7) is 1.49. The van der Waals surface area contributed by atoms with Crippen LogP contribution in [-0.2, 0) is 13.1 Å². The molecule has 0 spiro atoms. The van der Waals surface area contributed by atoms with Gasteiger partial charge in [0.2, 0.25) is 0 Å². The molecule has 0 saturated heterocycles. The average molecular weight is 339 g/mol. The molecule has 0 aliphatic carbocycles. The molecule has 130 valence electrons. The Labute approximate surface area is 145 Å². The number of pyridine rings is 1. The molecule has 1 amide bonds. The topological polar surface area (TPSA) is 83.0 Å². The highest BCUT2D eigenvalue weighted by Gasteiger charge is 2.08. The predicted molar refractivity (Wildman–Crippen MR) is 96.5 cm³/mol. The molecule has 3 aromatic rings. The van der Waals surface area contributed by atoms with Gasteiger partial charge in [0, 0.05) is 25.8 Å². The number of para-hydroxylation sites is 2. The maximum absolute atomic E-state index is 12.2. The molecule has 0 aliphatic rings. The van der Waals surface area contributed by atoms with Gasteiger partial charge in [-0.25, -0.2) is 4.79 Å². The van der Waals surface area contributed by atoms with E-state index < -0.39 is 0 Å². The molecule has 3 rings (SSSR count). The highest BCUT2D eigenvalue weighted by Crippen LogP contribution is 2.08. The summed E-state index contributed by atoms with van der Waals surface area (Å²) in [5, 5.41) is 2.83. The molecule has 0 aliphatic heterocycles. The van der Waals surface area contributed by atoms with Crippen LogP contribution in [0.3, 0.4) is 0 Å². The van der Waals surface area contributed by atoms with E-state index in [1.54, 1.807) is 16.8 Å². The average Bonchev–Trinajstić information content (AvgIpc) is 2.90. The predicted octanol–water partition coefficient (Wildman–Crippen LogP) is 1.22. The number of imidazole rings is 1. The molecule has 7 heteroatoms. The van der Waals surface area contributed by atoms with Crippen LogP contribution in [0.15, 0.2) is 47.4 Å². The molecule has 0 saturated carbocycles. The minimum Gasteiger partial charge on any atom is -0.350 e. The van der Waals surface area contributed by atoms with Gasteiger partial charge in [0.25, 0.3) is 5.91 Å². The summed E-state index contributed by atoms with van der Waals surface area (Å²) in [6.07, 6.45) is 1.58. The van der Waals surface area contributed by atoms with Gasteiger partial charge >= 0.3 is 5.69 Å². The van der Waals surface area contributed by atoms with Gasteiger partial charge in [0.1, 0.15) is 0 Å². The molecule has 0 bridgehead atoms. The number of carbonyl (C=O) groups is 1. The number of nitrogens with zero attached hydrogens (tertiary/aromatic N) is 3. The van der Waals surface area contributed by atoms with Crippen LogP contribution in [0.2, 0.25) is 0 Å². The third-order valence-corrected chi connectivity index (χ3v) is 3.87. The van der Waals surface area contributed by atoms with Crippen LogP contribution >= 0.6 is 0 Å². The monoisotopic (exact) mass is 339 g/mol. The van der Waals surface area contributed by atoms with Crippen molar-refractivity contribution in [1.29, 1.82) is 0 Å². The van der Waals surface area contributed by atoms with Crippen LogP contribution in [0.5, 0.6) is 0 Å². The number of benzene rings is 1. The molecule has 2 aromatic heterocycles. The summed E-state index contributed by atoms with van der Waals surface area (Å²) < 4.78 is 1.62. The maximum Gasteiger partial charge on any atom is 0.326 e. The molecule has 7 nitrogen and oxygen atoms in total. The summed E-state index contributed by atoms with van der Waals surface area (Å²) in [6, 6.07) is 11.1. The standard InChI is InChI=1S/C18H21N5O2/c1-22(2)12-14-8-7-13(11-20-14)17(24)19-9-10-23-16-6-4-3-5-15(16)21-18(23)25/h3-8,11H,9-10,12H2,1-2H3,(H,19,24)(H,21,25). The Balaban J connectivity index is 1.60. The first-order chi connectivity index (χ1) is 12.0. The zero-order valence-corrected chi connectivity index (χ0v) is 14.3. The number of rotatable bonds is 6. The van der Waals surface area contributed by atoms with E-state index in [-0.39, 0.29) is 11.6 Å². The molecular formula is C18H21N5O2. The Hall–Kier alpha value is -2.93. The Bertz CT molecular complexity index is 925.